The summed E-state index contributed by atoms with van der Waals surface area (Å²) in [6.07, 6.45) is 2.58. The molecule has 0 aliphatic heterocycles. The summed E-state index contributed by atoms with van der Waals surface area (Å²) >= 11 is 5.81. The fraction of sp³-hybridized carbons (Fsp3) is 0.400. The van der Waals surface area contributed by atoms with Crippen molar-refractivity contribution < 1.29 is 9.47 Å². The highest BCUT2D eigenvalue weighted by Gasteiger charge is 2.05. The van der Waals surface area contributed by atoms with Crippen LogP contribution in [0.3, 0.4) is 0 Å². The number of methoxy groups -OCH3 is 1. The van der Waals surface area contributed by atoms with E-state index in [1.54, 1.807) is 19.4 Å². The van der Waals surface area contributed by atoms with Crippen LogP contribution < -0.4 is 20.1 Å². The molecule has 6 nitrogen and oxygen atoms in total. The van der Waals surface area contributed by atoms with Crippen LogP contribution in [0.4, 0.5) is 0 Å². The third kappa shape index (κ3) is 7.74. The number of aromatic nitrogens is 1. The van der Waals surface area contributed by atoms with Crippen LogP contribution in [-0.2, 0) is 6.42 Å². The van der Waals surface area contributed by atoms with E-state index < -0.39 is 0 Å². The number of nitrogens with zero attached hydrogens (tertiary/aromatic N) is 2. The molecule has 0 radical (unpaired) electrons. The molecule has 1 aromatic carbocycles. The Balaban J connectivity index is 1.80. The summed E-state index contributed by atoms with van der Waals surface area (Å²) in [7, 11) is 1.64. The highest BCUT2D eigenvalue weighted by atomic mass is 35.5. The average molecular weight is 391 g/mol. The molecule has 0 spiro atoms. The van der Waals surface area contributed by atoms with Gasteiger partial charge in [0.1, 0.15) is 22.8 Å². The van der Waals surface area contributed by atoms with E-state index in [1.165, 1.54) is 0 Å². The SMILES string of the molecule is CCNC(=NCC(C)Oc1ccc(OC)cc1)NCCc1ccc(Cl)nc1. The lowest BCUT2D eigenvalue weighted by atomic mass is 10.2. The summed E-state index contributed by atoms with van der Waals surface area (Å²) in [4.78, 5) is 8.69. The zero-order chi connectivity index (χ0) is 19.5. The van der Waals surface area contributed by atoms with Crippen LogP contribution in [0.15, 0.2) is 47.6 Å². The molecule has 27 heavy (non-hydrogen) atoms. The fourth-order valence-electron chi connectivity index (χ4n) is 2.37. The van der Waals surface area contributed by atoms with Gasteiger partial charge in [0.05, 0.1) is 13.7 Å². The van der Waals surface area contributed by atoms with Crippen molar-refractivity contribution in [3.63, 3.8) is 0 Å². The molecule has 0 fully saturated rings. The largest absolute Gasteiger partial charge is 0.497 e. The molecule has 1 atom stereocenters. The van der Waals surface area contributed by atoms with E-state index in [0.29, 0.717) is 11.7 Å². The molecule has 0 bridgehead atoms. The minimum absolute atomic E-state index is 0.0469. The monoisotopic (exact) mass is 390 g/mol. The molecule has 0 amide bonds. The molecule has 146 valence electrons. The van der Waals surface area contributed by atoms with Crippen molar-refractivity contribution >= 4 is 17.6 Å². The van der Waals surface area contributed by atoms with Crippen LogP contribution in [0.1, 0.15) is 19.4 Å². The Labute approximate surface area is 166 Å². The Kier molecular flexibility index (Phi) is 8.71. The van der Waals surface area contributed by atoms with E-state index in [4.69, 9.17) is 21.1 Å². The first kappa shape index (κ1) is 20.8. The lowest BCUT2D eigenvalue weighted by Crippen LogP contribution is -2.39. The number of halogens is 1. The number of hydrogen-bond acceptors (Lipinski definition) is 4. The first-order valence-corrected chi connectivity index (χ1v) is 9.41. The molecule has 1 aromatic heterocycles. The van der Waals surface area contributed by atoms with Crippen LogP contribution in [0.5, 0.6) is 11.5 Å². The van der Waals surface area contributed by atoms with Crippen molar-refractivity contribution in [3.8, 4) is 11.5 Å². The molecule has 7 heteroatoms. The number of rotatable bonds is 9. The zero-order valence-electron chi connectivity index (χ0n) is 16.0. The van der Waals surface area contributed by atoms with Crippen molar-refractivity contribution in [2.45, 2.75) is 26.4 Å². The van der Waals surface area contributed by atoms with Gasteiger partial charge in [-0.3, -0.25) is 0 Å². The number of hydrogen-bond donors (Lipinski definition) is 2. The van der Waals surface area contributed by atoms with Gasteiger partial charge < -0.3 is 20.1 Å². The summed E-state index contributed by atoms with van der Waals surface area (Å²) < 4.78 is 11.0. The van der Waals surface area contributed by atoms with E-state index in [0.717, 1.165) is 42.5 Å². The zero-order valence-corrected chi connectivity index (χ0v) is 16.8. The molecular formula is C20H27ClN4O2. The molecule has 0 aliphatic rings. The molecule has 0 aliphatic carbocycles. The Hall–Kier alpha value is -2.47. The van der Waals surface area contributed by atoms with Gasteiger partial charge in [0, 0.05) is 19.3 Å². The summed E-state index contributed by atoms with van der Waals surface area (Å²) in [5.41, 5.74) is 1.12. The van der Waals surface area contributed by atoms with E-state index in [2.05, 4.69) is 20.6 Å². The fourth-order valence-corrected chi connectivity index (χ4v) is 2.48. The van der Waals surface area contributed by atoms with E-state index in [1.807, 2.05) is 44.2 Å². The quantitative estimate of drug-likeness (QED) is 0.390. The minimum atomic E-state index is -0.0469. The molecular weight excluding hydrogens is 364 g/mol. The molecule has 1 heterocycles. The number of nitrogens with one attached hydrogen (secondary N) is 2. The van der Waals surface area contributed by atoms with Crippen molar-refractivity contribution in [1.82, 2.24) is 15.6 Å². The molecule has 0 saturated carbocycles. The minimum Gasteiger partial charge on any atom is -0.497 e. The van der Waals surface area contributed by atoms with Crippen molar-refractivity contribution in [2.75, 3.05) is 26.7 Å². The van der Waals surface area contributed by atoms with E-state index >= 15 is 0 Å². The molecule has 1 unspecified atom stereocenters. The maximum Gasteiger partial charge on any atom is 0.191 e. The Morgan fingerprint density at radius 1 is 1.15 bits per heavy atom. The van der Waals surface area contributed by atoms with Gasteiger partial charge in [0.25, 0.3) is 0 Å². The molecule has 2 aromatic rings. The van der Waals surface area contributed by atoms with Gasteiger partial charge in [-0.25, -0.2) is 9.98 Å². The van der Waals surface area contributed by atoms with Gasteiger partial charge in [-0.1, -0.05) is 17.7 Å². The second-order valence-electron chi connectivity index (χ2n) is 5.99. The molecule has 2 N–H and O–H groups in total. The predicted molar refractivity (Wildman–Crippen MR) is 110 cm³/mol. The summed E-state index contributed by atoms with van der Waals surface area (Å²) in [5.74, 6) is 2.37. The van der Waals surface area contributed by atoms with Gasteiger partial charge >= 0.3 is 0 Å². The van der Waals surface area contributed by atoms with Gasteiger partial charge in [-0.05, 0) is 56.2 Å². The first-order valence-electron chi connectivity index (χ1n) is 9.04. The van der Waals surface area contributed by atoms with Crippen molar-refractivity contribution in [2.24, 2.45) is 4.99 Å². The Morgan fingerprint density at radius 3 is 2.52 bits per heavy atom. The second-order valence-corrected chi connectivity index (χ2v) is 6.38. The topological polar surface area (TPSA) is 67.8 Å². The Bertz CT molecular complexity index is 705. The Morgan fingerprint density at radius 2 is 1.89 bits per heavy atom. The van der Waals surface area contributed by atoms with Gasteiger partial charge in [0.2, 0.25) is 0 Å². The number of aliphatic imine (C=N–C) groups is 1. The summed E-state index contributed by atoms with van der Waals surface area (Å²) in [6, 6.07) is 11.3. The smallest absolute Gasteiger partial charge is 0.191 e. The third-order valence-corrected chi connectivity index (χ3v) is 3.97. The number of benzene rings is 1. The van der Waals surface area contributed by atoms with Gasteiger partial charge in [0.15, 0.2) is 5.96 Å². The third-order valence-electron chi connectivity index (χ3n) is 3.74. The van der Waals surface area contributed by atoms with Crippen molar-refractivity contribution in [1.29, 1.82) is 0 Å². The number of pyridine rings is 1. The number of guanidine groups is 1. The lowest BCUT2D eigenvalue weighted by Gasteiger charge is -2.15. The van der Waals surface area contributed by atoms with Crippen LogP contribution >= 0.6 is 11.6 Å². The first-order chi connectivity index (χ1) is 13.1. The van der Waals surface area contributed by atoms with Crippen LogP contribution in [0.25, 0.3) is 0 Å². The van der Waals surface area contributed by atoms with Crippen LogP contribution in [0.2, 0.25) is 5.15 Å². The summed E-state index contributed by atoms with van der Waals surface area (Å²) in [6.45, 7) is 6.13. The second kappa shape index (κ2) is 11.3. The standard InChI is InChI=1S/C20H27ClN4O2/c1-4-22-20(23-12-11-16-5-10-19(21)24-14-16)25-13-15(2)27-18-8-6-17(26-3)7-9-18/h5-10,14-15H,4,11-13H2,1-3H3,(H2,22,23,25). The summed E-state index contributed by atoms with van der Waals surface area (Å²) in [5, 5.41) is 7.07. The van der Waals surface area contributed by atoms with E-state index in [9.17, 15) is 0 Å². The predicted octanol–water partition coefficient (Wildman–Crippen LogP) is 3.31. The average Bonchev–Trinajstić information content (AvgIpc) is 2.68. The van der Waals surface area contributed by atoms with E-state index in [-0.39, 0.29) is 6.10 Å². The normalized spacial score (nSPS) is 12.4. The molecule has 2 rings (SSSR count). The maximum absolute atomic E-state index is 5.89. The lowest BCUT2D eigenvalue weighted by molar-refractivity contribution is 0.230. The van der Waals surface area contributed by atoms with Crippen LogP contribution in [0, 0.1) is 0 Å². The maximum atomic E-state index is 5.89. The molecule has 0 saturated heterocycles. The number of ether oxygens (including phenoxy) is 2. The van der Waals surface area contributed by atoms with Crippen molar-refractivity contribution in [3.05, 3.63) is 53.3 Å². The van der Waals surface area contributed by atoms with Gasteiger partial charge in [-0.2, -0.15) is 0 Å². The highest BCUT2D eigenvalue weighted by molar-refractivity contribution is 6.29. The van der Waals surface area contributed by atoms with Crippen LogP contribution in [-0.4, -0.2) is 43.8 Å². The highest BCUT2D eigenvalue weighted by Crippen LogP contribution is 2.18. The van der Waals surface area contributed by atoms with Gasteiger partial charge in [-0.15, -0.1) is 0 Å².